The second-order valence-corrected chi connectivity index (χ2v) is 6.75. The van der Waals surface area contributed by atoms with E-state index in [9.17, 15) is 19.1 Å². The third kappa shape index (κ3) is 3.41. The van der Waals surface area contributed by atoms with Crippen molar-refractivity contribution in [1.82, 2.24) is 9.55 Å². The summed E-state index contributed by atoms with van der Waals surface area (Å²) in [7, 11) is 0. The number of carboxylic acids is 1. The first-order valence-corrected chi connectivity index (χ1v) is 8.88. The van der Waals surface area contributed by atoms with Crippen LogP contribution in [-0.2, 0) is 6.54 Å². The van der Waals surface area contributed by atoms with E-state index >= 15 is 0 Å². The smallest absolute Gasteiger partial charge is 0.341 e. The van der Waals surface area contributed by atoms with Crippen molar-refractivity contribution in [3.63, 3.8) is 0 Å². The molecule has 7 nitrogen and oxygen atoms in total. The Hall–Kier alpha value is -2.48. The fourth-order valence-corrected chi connectivity index (χ4v) is 3.52. The van der Waals surface area contributed by atoms with Crippen LogP contribution in [0, 0.1) is 11.7 Å². The molecule has 26 heavy (non-hydrogen) atoms. The summed E-state index contributed by atoms with van der Waals surface area (Å²) in [6, 6.07) is 1.19. The molecule has 0 aromatic carbocycles. The average Bonchev–Trinajstić information content (AvgIpc) is 2.63. The number of nitrogens with two attached hydrogens (primary N) is 1. The van der Waals surface area contributed by atoms with Gasteiger partial charge in [0.05, 0.1) is 5.39 Å². The molecule has 0 saturated heterocycles. The summed E-state index contributed by atoms with van der Waals surface area (Å²) in [6.45, 7) is 2.89. The second kappa shape index (κ2) is 7.41. The van der Waals surface area contributed by atoms with Gasteiger partial charge in [-0.05, 0) is 51.1 Å². The minimum Gasteiger partial charge on any atom is -0.477 e. The number of aryl methyl sites for hydroxylation is 1. The number of aromatic carboxylic acids is 1. The number of carbonyl (C=O) groups is 1. The highest BCUT2D eigenvalue weighted by molar-refractivity contribution is 5.92. The summed E-state index contributed by atoms with van der Waals surface area (Å²) in [5, 5.41) is 12.3. The molecule has 0 amide bonds. The molecular weight excluding hydrogens is 339 g/mol. The van der Waals surface area contributed by atoms with Gasteiger partial charge in [-0.15, -0.1) is 0 Å². The number of fused-ring (bicyclic) bond motifs is 1. The summed E-state index contributed by atoms with van der Waals surface area (Å²) >= 11 is 0. The second-order valence-electron chi connectivity index (χ2n) is 6.75. The number of pyridine rings is 2. The molecule has 1 saturated carbocycles. The lowest BCUT2D eigenvalue weighted by Gasteiger charge is -2.28. The van der Waals surface area contributed by atoms with Gasteiger partial charge in [0.25, 0.3) is 0 Å². The van der Waals surface area contributed by atoms with E-state index in [2.05, 4.69) is 10.3 Å². The number of rotatable bonds is 5. The molecule has 4 N–H and O–H groups in total. The van der Waals surface area contributed by atoms with Crippen LogP contribution in [0.15, 0.2) is 17.1 Å². The molecule has 0 bridgehead atoms. The number of aromatic nitrogens is 2. The number of carboxylic acid groups (broad SMARTS) is 1. The van der Waals surface area contributed by atoms with Crippen molar-refractivity contribution < 1.29 is 14.3 Å². The first kappa shape index (κ1) is 18.3. The van der Waals surface area contributed by atoms with E-state index in [4.69, 9.17) is 5.73 Å². The van der Waals surface area contributed by atoms with E-state index in [0.717, 1.165) is 31.7 Å². The summed E-state index contributed by atoms with van der Waals surface area (Å²) < 4.78 is 16.1. The lowest BCUT2D eigenvalue weighted by atomic mass is 9.86. The van der Waals surface area contributed by atoms with Gasteiger partial charge in [-0.1, -0.05) is 0 Å². The highest BCUT2D eigenvalue weighted by atomic mass is 19.1. The van der Waals surface area contributed by atoms with Crippen molar-refractivity contribution in [2.24, 2.45) is 11.7 Å². The van der Waals surface area contributed by atoms with E-state index in [1.807, 2.05) is 6.92 Å². The molecule has 1 aliphatic rings. The number of hydrogen-bond donors (Lipinski definition) is 3. The standard InChI is InChI=1S/C18H23FN4O3/c1-2-23-9-13(18(25)26)15(24)12-7-14(19)16(22-17(12)23)21-11-5-3-10(8-20)4-6-11/h7,9-11H,2-6,8,20H2,1H3,(H,21,22)(H,25,26). The molecule has 8 heteroatoms. The van der Waals surface area contributed by atoms with E-state index < -0.39 is 17.2 Å². The van der Waals surface area contributed by atoms with Crippen LogP contribution < -0.4 is 16.5 Å². The number of nitrogens with zero attached hydrogens (tertiary/aromatic N) is 2. The zero-order chi connectivity index (χ0) is 18.8. The van der Waals surface area contributed by atoms with Crippen LogP contribution in [0.25, 0.3) is 11.0 Å². The summed E-state index contributed by atoms with van der Waals surface area (Å²) in [6.07, 6.45) is 5.02. The monoisotopic (exact) mass is 362 g/mol. The Morgan fingerprint density at radius 1 is 1.42 bits per heavy atom. The Morgan fingerprint density at radius 2 is 2.12 bits per heavy atom. The molecule has 2 aromatic rings. The third-order valence-electron chi connectivity index (χ3n) is 5.09. The van der Waals surface area contributed by atoms with Crippen molar-refractivity contribution in [1.29, 1.82) is 0 Å². The maximum atomic E-state index is 14.5. The quantitative estimate of drug-likeness (QED) is 0.752. The van der Waals surface area contributed by atoms with Gasteiger partial charge in [-0.2, -0.15) is 0 Å². The molecule has 1 aliphatic carbocycles. The van der Waals surface area contributed by atoms with E-state index in [-0.39, 0.29) is 28.5 Å². The number of halogens is 1. The first-order chi connectivity index (χ1) is 12.4. The molecule has 2 heterocycles. The Bertz CT molecular complexity index is 888. The fraction of sp³-hybridized carbons (Fsp3) is 0.500. The predicted octanol–water partition coefficient (Wildman–Crippen LogP) is 2.18. The summed E-state index contributed by atoms with van der Waals surface area (Å²) in [5.74, 6) is -1.38. The zero-order valence-corrected chi connectivity index (χ0v) is 14.7. The van der Waals surface area contributed by atoms with Gasteiger partial charge < -0.3 is 20.7 Å². The number of hydrogen-bond acceptors (Lipinski definition) is 5. The largest absolute Gasteiger partial charge is 0.477 e. The Kier molecular flexibility index (Phi) is 5.22. The Balaban J connectivity index is 1.98. The lowest BCUT2D eigenvalue weighted by molar-refractivity contribution is 0.0695. The average molecular weight is 362 g/mol. The van der Waals surface area contributed by atoms with Gasteiger partial charge in [0, 0.05) is 18.8 Å². The van der Waals surface area contributed by atoms with Gasteiger partial charge >= 0.3 is 5.97 Å². The SMILES string of the molecule is CCn1cc(C(=O)O)c(=O)c2cc(F)c(NC3CCC(CN)CC3)nc21. The molecule has 3 rings (SSSR count). The highest BCUT2D eigenvalue weighted by Gasteiger charge is 2.23. The molecular formula is C18H23FN4O3. The lowest BCUT2D eigenvalue weighted by Crippen LogP contribution is -2.30. The van der Waals surface area contributed by atoms with Crippen molar-refractivity contribution in [3.8, 4) is 0 Å². The summed E-state index contributed by atoms with van der Waals surface area (Å²) in [4.78, 5) is 27.9. The van der Waals surface area contributed by atoms with Gasteiger partial charge in [0.15, 0.2) is 11.6 Å². The van der Waals surface area contributed by atoms with Gasteiger partial charge in [0.2, 0.25) is 5.43 Å². The molecule has 1 fully saturated rings. The molecule has 0 unspecified atom stereocenters. The van der Waals surface area contributed by atoms with Gasteiger partial charge in [-0.3, -0.25) is 4.79 Å². The predicted molar refractivity (Wildman–Crippen MR) is 97.0 cm³/mol. The number of nitrogens with one attached hydrogen (secondary N) is 1. The molecule has 2 aromatic heterocycles. The summed E-state index contributed by atoms with van der Waals surface area (Å²) in [5.41, 5.74) is 4.87. The van der Waals surface area contributed by atoms with Crippen molar-refractivity contribution >= 4 is 22.8 Å². The maximum absolute atomic E-state index is 14.5. The maximum Gasteiger partial charge on any atom is 0.341 e. The molecule has 0 spiro atoms. The molecule has 0 aliphatic heterocycles. The van der Waals surface area contributed by atoms with Crippen LogP contribution in [0.2, 0.25) is 0 Å². The van der Waals surface area contributed by atoms with Crippen LogP contribution in [-0.4, -0.2) is 33.2 Å². The number of anilines is 1. The van der Waals surface area contributed by atoms with E-state index in [1.165, 1.54) is 6.20 Å². The van der Waals surface area contributed by atoms with Crippen LogP contribution in [0.5, 0.6) is 0 Å². The van der Waals surface area contributed by atoms with Crippen LogP contribution in [0.1, 0.15) is 43.0 Å². The Labute approximate surface area is 150 Å². The zero-order valence-electron chi connectivity index (χ0n) is 14.7. The molecule has 0 atom stereocenters. The topological polar surface area (TPSA) is 110 Å². The van der Waals surface area contributed by atoms with Crippen molar-refractivity contribution in [2.45, 2.75) is 45.2 Å². The van der Waals surface area contributed by atoms with Crippen molar-refractivity contribution in [3.05, 3.63) is 33.9 Å². The fourth-order valence-electron chi connectivity index (χ4n) is 3.52. The Morgan fingerprint density at radius 3 is 2.69 bits per heavy atom. The van der Waals surface area contributed by atoms with Crippen molar-refractivity contribution in [2.75, 3.05) is 11.9 Å². The van der Waals surface area contributed by atoms with Gasteiger partial charge in [-0.25, -0.2) is 14.2 Å². The van der Waals surface area contributed by atoms with Crippen LogP contribution in [0.4, 0.5) is 10.2 Å². The minimum absolute atomic E-state index is 0.0263. The third-order valence-corrected chi connectivity index (χ3v) is 5.09. The van der Waals surface area contributed by atoms with E-state index in [1.54, 1.807) is 4.57 Å². The first-order valence-electron chi connectivity index (χ1n) is 8.88. The molecule has 0 radical (unpaired) electrons. The minimum atomic E-state index is -1.33. The molecule has 140 valence electrons. The van der Waals surface area contributed by atoms with Crippen LogP contribution >= 0.6 is 0 Å². The van der Waals surface area contributed by atoms with Gasteiger partial charge in [0.1, 0.15) is 11.2 Å². The normalized spacial score (nSPS) is 20.3. The van der Waals surface area contributed by atoms with Crippen LogP contribution in [0.3, 0.4) is 0 Å². The van der Waals surface area contributed by atoms with E-state index in [0.29, 0.717) is 19.0 Å². The highest BCUT2D eigenvalue weighted by Crippen LogP contribution is 2.27.